The monoisotopic (exact) mass is 267 g/mol. The molecule has 0 aliphatic heterocycles. The molecule has 0 amide bonds. The average Bonchev–Trinajstić information content (AvgIpc) is 2.84. The van der Waals surface area contributed by atoms with Crippen molar-refractivity contribution in [2.45, 2.75) is 38.8 Å². The van der Waals surface area contributed by atoms with E-state index in [4.69, 9.17) is 0 Å². The van der Waals surface area contributed by atoms with E-state index in [9.17, 15) is 5.11 Å². The molecule has 0 fully saturated rings. The van der Waals surface area contributed by atoms with Crippen molar-refractivity contribution in [1.82, 2.24) is 5.32 Å². The van der Waals surface area contributed by atoms with Gasteiger partial charge in [0, 0.05) is 12.1 Å². The molecule has 0 bridgehead atoms. The average molecular weight is 267 g/mol. The molecule has 0 spiro atoms. The van der Waals surface area contributed by atoms with Crippen molar-refractivity contribution in [3.05, 3.63) is 64.7 Å². The van der Waals surface area contributed by atoms with Crippen LogP contribution in [-0.2, 0) is 6.42 Å². The van der Waals surface area contributed by atoms with E-state index >= 15 is 0 Å². The maximum Gasteiger partial charge on any atom is 0.119 e. The predicted octanol–water partition coefficient (Wildman–Crippen LogP) is 4.04. The zero-order chi connectivity index (χ0) is 14.1. The Hall–Kier alpha value is -1.80. The molecule has 2 atom stereocenters. The number of fused-ring (bicyclic) bond motifs is 1. The van der Waals surface area contributed by atoms with Crippen LogP contribution in [0.2, 0.25) is 0 Å². The van der Waals surface area contributed by atoms with E-state index < -0.39 is 0 Å². The molecule has 2 nitrogen and oxygen atoms in total. The van der Waals surface area contributed by atoms with Crippen molar-refractivity contribution in [1.29, 1.82) is 0 Å². The van der Waals surface area contributed by atoms with E-state index in [2.05, 4.69) is 49.5 Å². The number of aromatic hydroxyl groups is 1. The maximum absolute atomic E-state index is 9.90. The Kier molecular flexibility index (Phi) is 3.49. The third-order valence-corrected chi connectivity index (χ3v) is 4.27. The molecular weight excluding hydrogens is 246 g/mol. The van der Waals surface area contributed by atoms with Crippen molar-refractivity contribution in [2.24, 2.45) is 0 Å². The summed E-state index contributed by atoms with van der Waals surface area (Å²) in [6.07, 6.45) is 2.02. The minimum absolute atomic E-state index is 0.314. The van der Waals surface area contributed by atoms with Gasteiger partial charge in [0.05, 0.1) is 0 Å². The quantitative estimate of drug-likeness (QED) is 0.879. The first kappa shape index (κ1) is 13.2. The van der Waals surface area contributed by atoms with Crippen molar-refractivity contribution >= 4 is 0 Å². The Morgan fingerprint density at radius 3 is 2.65 bits per heavy atom. The van der Waals surface area contributed by atoms with E-state index in [1.165, 1.54) is 16.7 Å². The van der Waals surface area contributed by atoms with Gasteiger partial charge in [0.25, 0.3) is 0 Å². The van der Waals surface area contributed by atoms with Gasteiger partial charge in [0.15, 0.2) is 0 Å². The van der Waals surface area contributed by atoms with Gasteiger partial charge in [-0.3, -0.25) is 0 Å². The molecule has 2 N–H and O–H groups in total. The lowest BCUT2D eigenvalue weighted by molar-refractivity contribution is 0.465. The third-order valence-electron chi connectivity index (χ3n) is 4.27. The van der Waals surface area contributed by atoms with Crippen LogP contribution in [0.4, 0.5) is 0 Å². The van der Waals surface area contributed by atoms with E-state index in [1.54, 1.807) is 6.07 Å². The Balaban J connectivity index is 1.77. The second-order valence-corrected chi connectivity index (χ2v) is 5.74. The van der Waals surface area contributed by atoms with Crippen LogP contribution in [0.15, 0.2) is 42.5 Å². The van der Waals surface area contributed by atoms with Crippen molar-refractivity contribution in [3.63, 3.8) is 0 Å². The number of phenolic OH excluding ortho intramolecular Hbond substituents is 1. The van der Waals surface area contributed by atoms with Gasteiger partial charge in [-0.15, -0.1) is 0 Å². The summed E-state index contributed by atoms with van der Waals surface area (Å²) in [5, 5.41) is 13.6. The summed E-state index contributed by atoms with van der Waals surface area (Å²) in [6.45, 7) is 4.31. The van der Waals surface area contributed by atoms with Crippen molar-refractivity contribution in [2.75, 3.05) is 0 Å². The zero-order valence-corrected chi connectivity index (χ0v) is 12.1. The van der Waals surface area contributed by atoms with Gasteiger partial charge in [-0.1, -0.05) is 42.0 Å². The van der Waals surface area contributed by atoms with E-state index in [1.807, 2.05) is 6.07 Å². The Morgan fingerprint density at radius 1 is 1.15 bits per heavy atom. The van der Waals surface area contributed by atoms with Gasteiger partial charge in [-0.2, -0.15) is 0 Å². The first-order valence-corrected chi connectivity index (χ1v) is 7.28. The Morgan fingerprint density at radius 2 is 1.90 bits per heavy atom. The van der Waals surface area contributed by atoms with Crippen molar-refractivity contribution in [3.8, 4) is 5.75 Å². The van der Waals surface area contributed by atoms with Crippen LogP contribution in [0.3, 0.4) is 0 Å². The highest BCUT2D eigenvalue weighted by Gasteiger charge is 2.25. The van der Waals surface area contributed by atoms with Crippen LogP contribution in [0.25, 0.3) is 0 Å². The van der Waals surface area contributed by atoms with Gasteiger partial charge in [0.2, 0.25) is 0 Å². The van der Waals surface area contributed by atoms with Gasteiger partial charge < -0.3 is 10.4 Å². The maximum atomic E-state index is 9.90. The molecule has 2 aromatic rings. The normalized spacial score (nSPS) is 18.8. The summed E-state index contributed by atoms with van der Waals surface area (Å²) in [6, 6.07) is 15.2. The molecule has 0 saturated carbocycles. The fourth-order valence-corrected chi connectivity index (χ4v) is 3.06. The fourth-order valence-electron chi connectivity index (χ4n) is 3.06. The Labute approximate surface area is 120 Å². The molecule has 1 aliphatic rings. The number of hydrogen-bond donors (Lipinski definition) is 2. The molecule has 2 heteroatoms. The van der Waals surface area contributed by atoms with Crippen LogP contribution >= 0.6 is 0 Å². The summed E-state index contributed by atoms with van der Waals surface area (Å²) in [5.74, 6) is 0.440. The predicted molar refractivity (Wildman–Crippen MR) is 81.9 cm³/mol. The number of nitrogens with one attached hydrogen (secondary N) is 1. The lowest BCUT2D eigenvalue weighted by atomic mass is 10.0. The molecule has 104 valence electrons. The van der Waals surface area contributed by atoms with E-state index in [-0.39, 0.29) is 0 Å². The minimum atomic E-state index is 0.314. The summed E-state index contributed by atoms with van der Waals surface area (Å²) in [5.41, 5.74) is 4.96. The van der Waals surface area contributed by atoms with Crippen molar-refractivity contribution < 1.29 is 5.11 Å². The number of rotatable bonds is 3. The first-order valence-electron chi connectivity index (χ1n) is 7.28. The van der Waals surface area contributed by atoms with Crippen LogP contribution in [0.1, 0.15) is 47.7 Å². The molecule has 2 unspecified atom stereocenters. The minimum Gasteiger partial charge on any atom is -0.508 e. The second kappa shape index (κ2) is 5.29. The highest BCUT2D eigenvalue weighted by atomic mass is 16.3. The Bertz CT molecular complexity index is 603. The number of hydrogen-bond acceptors (Lipinski definition) is 2. The van der Waals surface area contributed by atoms with Gasteiger partial charge >= 0.3 is 0 Å². The lowest BCUT2D eigenvalue weighted by Crippen LogP contribution is -2.22. The molecule has 2 aromatic carbocycles. The molecular formula is C18H21NO. The van der Waals surface area contributed by atoms with Gasteiger partial charge in [-0.05, 0) is 49.4 Å². The SMILES string of the molecule is Cc1ccc(C(C)NC2CCc3c(O)cccc32)cc1. The third kappa shape index (κ3) is 2.44. The number of aryl methyl sites for hydroxylation is 1. The summed E-state index contributed by atoms with van der Waals surface area (Å²) in [4.78, 5) is 0. The second-order valence-electron chi connectivity index (χ2n) is 5.74. The molecule has 0 heterocycles. The largest absolute Gasteiger partial charge is 0.508 e. The van der Waals surface area contributed by atoms with Gasteiger partial charge in [0.1, 0.15) is 5.75 Å². The topological polar surface area (TPSA) is 32.3 Å². The standard InChI is InChI=1S/C18H21NO/c1-12-6-8-14(9-7-12)13(2)19-17-11-10-16-15(17)4-3-5-18(16)20/h3-9,13,17,19-20H,10-11H2,1-2H3. The number of phenols is 1. The van der Waals surface area contributed by atoms with Crippen LogP contribution in [0, 0.1) is 6.92 Å². The van der Waals surface area contributed by atoms with E-state index in [0.717, 1.165) is 18.4 Å². The van der Waals surface area contributed by atoms with Gasteiger partial charge in [-0.25, -0.2) is 0 Å². The number of benzene rings is 2. The zero-order valence-electron chi connectivity index (χ0n) is 12.1. The highest BCUT2D eigenvalue weighted by molar-refractivity contribution is 5.44. The van der Waals surface area contributed by atoms with Crippen LogP contribution < -0.4 is 5.32 Å². The molecule has 0 saturated heterocycles. The molecule has 20 heavy (non-hydrogen) atoms. The molecule has 0 aromatic heterocycles. The highest BCUT2D eigenvalue weighted by Crippen LogP contribution is 2.37. The van der Waals surface area contributed by atoms with Crippen LogP contribution in [0.5, 0.6) is 5.75 Å². The fraction of sp³-hybridized carbons (Fsp3) is 0.333. The molecule has 1 aliphatic carbocycles. The summed E-state index contributed by atoms with van der Waals surface area (Å²) >= 11 is 0. The molecule has 3 rings (SSSR count). The first-order chi connectivity index (χ1) is 9.65. The summed E-state index contributed by atoms with van der Waals surface area (Å²) < 4.78 is 0. The molecule has 0 radical (unpaired) electrons. The van der Waals surface area contributed by atoms with E-state index in [0.29, 0.717) is 17.8 Å². The smallest absolute Gasteiger partial charge is 0.119 e. The van der Waals surface area contributed by atoms with Crippen LogP contribution in [-0.4, -0.2) is 5.11 Å². The lowest BCUT2D eigenvalue weighted by Gasteiger charge is -2.21. The summed E-state index contributed by atoms with van der Waals surface area (Å²) in [7, 11) is 0.